The maximum atomic E-state index is 13.5. The number of hydrogen-bond donors (Lipinski definition) is 2. The Morgan fingerprint density at radius 2 is 1.86 bits per heavy atom. The average Bonchev–Trinajstić information content (AvgIpc) is 2.99. The first-order valence-corrected chi connectivity index (χ1v) is 9.60. The van der Waals surface area contributed by atoms with Crippen LogP contribution in [0.2, 0.25) is 0 Å². The normalized spacial score (nSPS) is 19.2. The zero-order chi connectivity index (χ0) is 19.8. The highest BCUT2D eigenvalue weighted by atomic mass is 16.2. The molecule has 2 heterocycles. The molecule has 0 saturated carbocycles. The van der Waals surface area contributed by atoms with Crippen LogP contribution >= 0.6 is 0 Å². The van der Waals surface area contributed by atoms with Gasteiger partial charge < -0.3 is 15.5 Å². The molecule has 6 nitrogen and oxygen atoms in total. The lowest BCUT2D eigenvalue weighted by Crippen LogP contribution is -2.48. The van der Waals surface area contributed by atoms with E-state index < -0.39 is 6.04 Å². The molecule has 2 aliphatic heterocycles. The third-order valence-corrected chi connectivity index (χ3v) is 5.64. The largest absolute Gasteiger partial charge is 0.326 e. The Hall–Kier alpha value is -3.15. The van der Waals surface area contributed by atoms with E-state index in [1.54, 1.807) is 23.1 Å². The van der Waals surface area contributed by atoms with Gasteiger partial charge in [0.1, 0.15) is 6.04 Å². The first-order valence-electron chi connectivity index (χ1n) is 9.60. The molecule has 2 unspecified atom stereocenters. The lowest BCUT2D eigenvalue weighted by atomic mass is 9.95. The molecule has 0 aromatic heterocycles. The fourth-order valence-corrected chi connectivity index (χ4v) is 3.93. The molecule has 0 saturated heterocycles. The Bertz CT molecular complexity index is 969. The van der Waals surface area contributed by atoms with Crippen LogP contribution in [0.4, 0.5) is 11.4 Å². The Morgan fingerprint density at radius 3 is 2.64 bits per heavy atom. The van der Waals surface area contributed by atoms with Gasteiger partial charge in [-0.2, -0.15) is 0 Å². The van der Waals surface area contributed by atoms with Crippen molar-refractivity contribution in [3.63, 3.8) is 0 Å². The minimum Gasteiger partial charge on any atom is -0.326 e. The summed E-state index contributed by atoms with van der Waals surface area (Å²) in [6.07, 6.45) is 1.05. The van der Waals surface area contributed by atoms with E-state index in [1.807, 2.05) is 38.1 Å². The monoisotopic (exact) mass is 377 g/mol. The summed E-state index contributed by atoms with van der Waals surface area (Å²) < 4.78 is 0. The summed E-state index contributed by atoms with van der Waals surface area (Å²) in [7, 11) is 0. The maximum absolute atomic E-state index is 13.5. The molecule has 144 valence electrons. The van der Waals surface area contributed by atoms with Gasteiger partial charge in [-0.05, 0) is 41.3 Å². The number of hydrogen-bond acceptors (Lipinski definition) is 3. The Labute approximate surface area is 163 Å². The molecule has 2 aliphatic rings. The SMILES string of the molecule is CCC(C)C1C(=O)Nc2ccccc2CN1C(=O)c1ccc2c(c1)CC(=O)N2. The highest BCUT2D eigenvalue weighted by Crippen LogP contribution is 2.30. The quantitative estimate of drug-likeness (QED) is 0.862. The van der Waals surface area contributed by atoms with Gasteiger partial charge in [-0.1, -0.05) is 38.5 Å². The van der Waals surface area contributed by atoms with E-state index in [0.717, 1.165) is 28.9 Å². The molecule has 0 fully saturated rings. The number of para-hydroxylation sites is 1. The molecule has 4 rings (SSSR count). The van der Waals surface area contributed by atoms with E-state index in [1.165, 1.54) is 0 Å². The van der Waals surface area contributed by atoms with Crippen LogP contribution in [-0.2, 0) is 22.6 Å². The molecule has 0 spiro atoms. The molecule has 2 aromatic carbocycles. The van der Waals surface area contributed by atoms with E-state index in [4.69, 9.17) is 0 Å². The van der Waals surface area contributed by atoms with Crippen LogP contribution in [0.1, 0.15) is 41.8 Å². The fourth-order valence-electron chi connectivity index (χ4n) is 3.93. The third kappa shape index (κ3) is 3.15. The van der Waals surface area contributed by atoms with Gasteiger partial charge in [0.25, 0.3) is 5.91 Å². The lowest BCUT2D eigenvalue weighted by molar-refractivity contribution is -0.122. The summed E-state index contributed by atoms with van der Waals surface area (Å²) in [5.74, 6) is -0.416. The van der Waals surface area contributed by atoms with Gasteiger partial charge in [-0.25, -0.2) is 0 Å². The van der Waals surface area contributed by atoms with Crippen LogP contribution < -0.4 is 10.6 Å². The predicted molar refractivity (Wildman–Crippen MR) is 107 cm³/mol. The first kappa shape index (κ1) is 18.2. The van der Waals surface area contributed by atoms with Gasteiger partial charge in [0, 0.05) is 23.5 Å². The summed E-state index contributed by atoms with van der Waals surface area (Å²) in [6.45, 7) is 4.37. The highest BCUT2D eigenvalue weighted by molar-refractivity contribution is 6.04. The summed E-state index contributed by atoms with van der Waals surface area (Å²) in [4.78, 5) is 39.8. The molecular weight excluding hydrogens is 354 g/mol. The van der Waals surface area contributed by atoms with Gasteiger partial charge in [-0.3, -0.25) is 14.4 Å². The van der Waals surface area contributed by atoms with Crippen molar-refractivity contribution in [1.29, 1.82) is 0 Å². The van der Waals surface area contributed by atoms with Gasteiger partial charge in [0.15, 0.2) is 0 Å². The van der Waals surface area contributed by atoms with Crippen LogP contribution in [0.3, 0.4) is 0 Å². The van der Waals surface area contributed by atoms with E-state index in [-0.39, 0.29) is 30.1 Å². The number of benzene rings is 2. The number of carbonyl (C=O) groups is 3. The van der Waals surface area contributed by atoms with E-state index >= 15 is 0 Å². The maximum Gasteiger partial charge on any atom is 0.254 e. The molecule has 0 radical (unpaired) electrons. The van der Waals surface area contributed by atoms with Crippen molar-refractivity contribution in [1.82, 2.24) is 4.90 Å². The van der Waals surface area contributed by atoms with Crippen LogP contribution in [0.5, 0.6) is 0 Å². The molecule has 0 aliphatic carbocycles. The van der Waals surface area contributed by atoms with Gasteiger partial charge >= 0.3 is 0 Å². The predicted octanol–water partition coefficient (Wildman–Crippen LogP) is 3.19. The average molecular weight is 377 g/mol. The number of fused-ring (bicyclic) bond motifs is 2. The molecule has 3 amide bonds. The van der Waals surface area contributed by atoms with E-state index in [9.17, 15) is 14.4 Å². The van der Waals surface area contributed by atoms with Crippen molar-refractivity contribution in [3.05, 3.63) is 59.2 Å². The molecule has 6 heteroatoms. The summed E-state index contributed by atoms with van der Waals surface area (Å²) in [6, 6.07) is 12.3. The Kier molecular flexibility index (Phi) is 4.63. The number of anilines is 2. The number of amides is 3. The molecule has 2 N–H and O–H groups in total. The van der Waals surface area contributed by atoms with Crippen molar-refractivity contribution in [3.8, 4) is 0 Å². The molecule has 2 aromatic rings. The van der Waals surface area contributed by atoms with Gasteiger partial charge in [-0.15, -0.1) is 0 Å². The first-order chi connectivity index (χ1) is 13.5. The minimum atomic E-state index is -0.557. The number of rotatable bonds is 3. The zero-order valence-corrected chi connectivity index (χ0v) is 16.0. The highest BCUT2D eigenvalue weighted by Gasteiger charge is 2.37. The smallest absolute Gasteiger partial charge is 0.254 e. The van der Waals surface area contributed by atoms with E-state index in [0.29, 0.717) is 12.1 Å². The topological polar surface area (TPSA) is 78.5 Å². The van der Waals surface area contributed by atoms with Crippen molar-refractivity contribution in [2.24, 2.45) is 5.92 Å². The third-order valence-electron chi connectivity index (χ3n) is 5.64. The number of nitrogens with one attached hydrogen (secondary N) is 2. The summed E-state index contributed by atoms with van der Waals surface area (Å²) >= 11 is 0. The van der Waals surface area contributed by atoms with Crippen LogP contribution in [-0.4, -0.2) is 28.7 Å². The van der Waals surface area contributed by atoms with Crippen LogP contribution in [0.15, 0.2) is 42.5 Å². The molecule has 28 heavy (non-hydrogen) atoms. The Balaban J connectivity index is 1.73. The number of carbonyl (C=O) groups excluding carboxylic acids is 3. The fraction of sp³-hybridized carbons (Fsp3) is 0.318. The lowest BCUT2D eigenvalue weighted by Gasteiger charge is -2.32. The van der Waals surface area contributed by atoms with Crippen molar-refractivity contribution in [2.45, 2.75) is 39.3 Å². The van der Waals surface area contributed by atoms with Crippen LogP contribution in [0.25, 0.3) is 0 Å². The molecular formula is C22H23N3O3. The summed E-state index contributed by atoms with van der Waals surface area (Å²) in [5, 5.41) is 5.77. The van der Waals surface area contributed by atoms with Gasteiger partial charge in [0.05, 0.1) is 6.42 Å². The van der Waals surface area contributed by atoms with Crippen LogP contribution in [0, 0.1) is 5.92 Å². The van der Waals surface area contributed by atoms with Crippen molar-refractivity contribution in [2.75, 3.05) is 10.6 Å². The standard InChI is InChI=1S/C22H23N3O3/c1-3-13(2)20-21(27)24-17-7-5-4-6-15(17)12-25(20)22(28)14-8-9-18-16(10-14)11-19(26)23-18/h4-10,13,20H,3,11-12H2,1-2H3,(H,23,26)(H,24,27). The second-order valence-electron chi connectivity index (χ2n) is 7.51. The Morgan fingerprint density at radius 1 is 1.11 bits per heavy atom. The number of nitrogens with zero attached hydrogens (tertiary/aromatic N) is 1. The zero-order valence-electron chi connectivity index (χ0n) is 16.0. The molecule has 0 bridgehead atoms. The van der Waals surface area contributed by atoms with Crippen molar-refractivity contribution < 1.29 is 14.4 Å². The minimum absolute atomic E-state index is 0.0101. The van der Waals surface area contributed by atoms with E-state index in [2.05, 4.69) is 10.6 Å². The van der Waals surface area contributed by atoms with Crippen molar-refractivity contribution >= 4 is 29.1 Å². The second kappa shape index (κ2) is 7.11. The summed E-state index contributed by atoms with van der Waals surface area (Å²) in [5.41, 5.74) is 3.72. The second-order valence-corrected chi connectivity index (χ2v) is 7.51. The van der Waals surface area contributed by atoms with Gasteiger partial charge in [0.2, 0.25) is 11.8 Å². The molecule has 2 atom stereocenters.